The van der Waals surface area contributed by atoms with Gasteiger partial charge in [-0.3, -0.25) is 0 Å². The first-order valence-electron chi connectivity index (χ1n) is 5.19. The lowest BCUT2D eigenvalue weighted by Gasteiger charge is -2.06. The Morgan fingerprint density at radius 3 is 2.94 bits per heavy atom. The second kappa shape index (κ2) is 6.01. The van der Waals surface area contributed by atoms with E-state index >= 15 is 0 Å². The summed E-state index contributed by atoms with van der Waals surface area (Å²) in [6.45, 7) is 0. The number of nitrogens with zero attached hydrogens (tertiary/aromatic N) is 2. The Morgan fingerprint density at radius 1 is 1.44 bits per heavy atom. The summed E-state index contributed by atoms with van der Waals surface area (Å²) in [7, 11) is 3.37. The van der Waals surface area contributed by atoms with Crippen LogP contribution in [0.5, 0.6) is 5.75 Å². The maximum Gasteiger partial charge on any atom is 0.206 e. The molecule has 0 bridgehead atoms. The molecular formula is C11H12FN3OS2. The van der Waals surface area contributed by atoms with Crippen LogP contribution >= 0.6 is 23.1 Å². The zero-order valence-corrected chi connectivity index (χ0v) is 11.6. The Bertz CT molecular complexity index is 533. The van der Waals surface area contributed by atoms with Crippen molar-refractivity contribution in [3.63, 3.8) is 0 Å². The number of ether oxygens (including phenoxy) is 1. The highest BCUT2D eigenvalue weighted by atomic mass is 32.2. The maximum absolute atomic E-state index is 13.2. The van der Waals surface area contributed by atoms with E-state index in [1.807, 2.05) is 0 Å². The zero-order valence-electron chi connectivity index (χ0n) is 9.94. The van der Waals surface area contributed by atoms with Gasteiger partial charge in [-0.2, -0.15) is 0 Å². The van der Waals surface area contributed by atoms with Crippen LogP contribution in [0.25, 0.3) is 0 Å². The van der Waals surface area contributed by atoms with E-state index in [0.717, 1.165) is 15.0 Å². The Hall–Kier alpha value is -1.34. The Balaban J connectivity index is 2.07. The molecule has 1 aromatic heterocycles. The van der Waals surface area contributed by atoms with Crippen LogP contribution in [-0.4, -0.2) is 24.4 Å². The van der Waals surface area contributed by atoms with Gasteiger partial charge in [0.05, 0.1) is 7.11 Å². The molecule has 0 aliphatic carbocycles. The molecule has 0 aliphatic heterocycles. The van der Waals surface area contributed by atoms with E-state index in [-0.39, 0.29) is 5.82 Å². The summed E-state index contributed by atoms with van der Waals surface area (Å²) < 4.78 is 19.2. The summed E-state index contributed by atoms with van der Waals surface area (Å²) in [4.78, 5) is 0. The number of halogens is 1. The van der Waals surface area contributed by atoms with Gasteiger partial charge in [0.1, 0.15) is 11.6 Å². The minimum atomic E-state index is -0.264. The first-order valence-corrected chi connectivity index (χ1v) is 6.99. The van der Waals surface area contributed by atoms with Gasteiger partial charge in [0.25, 0.3) is 0 Å². The van der Waals surface area contributed by atoms with E-state index in [9.17, 15) is 4.39 Å². The Kier molecular flexibility index (Phi) is 4.38. The molecule has 0 saturated carbocycles. The van der Waals surface area contributed by atoms with Crippen LogP contribution < -0.4 is 10.1 Å². The summed E-state index contributed by atoms with van der Waals surface area (Å²) in [6, 6.07) is 4.49. The molecule has 18 heavy (non-hydrogen) atoms. The van der Waals surface area contributed by atoms with Gasteiger partial charge in [-0.1, -0.05) is 23.1 Å². The monoisotopic (exact) mass is 285 g/mol. The second-order valence-electron chi connectivity index (χ2n) is 3.37. The first kappa shape index (κ1) is 13.1. The van der Waals surface area contributed by atoms with E-state index in [1.54, 1.807) is 20.2 Å². The molecule has 0 fully saturated rings. The predicted molar refractivity (Wildman–Crippen MR) is 72.0 cm³/mol. The molecule has 4 nitrogen and oxygen atoms in total. The van der Waals surface area contributed by atoms with Gasteiger partial charge in [0.15, 0.2) is 4.34 Å². The largest absolute Gasteiger partial charge is 0.496 e. The van der Waals surface area contributed by atoms with Crippen molar-refractivity contribution in [1.29, 1.82) is 0 Å². The van der Waals surface area contributed by atoms with Crippen molar-refractivity contribution in [3.8, 4) is 5.75 Å². The molecule has 0 spiro atoms. The first-order chi connectivity index (χ1) is 8.72. The number of hydrogen-bond acceptors (Lipinski definition) is 6. The lowest BCUT2D eigenvalue weighted by molar-refractivity contribution is 0.410. The number of methoxy groups -OCH3 is 1. The van der Waals surface area contributed by atoms with Gasteiger partial charge in [0.2, 0.25) is 5.13 Å². The number of thioether (sulfide) groups is 1. The number of anilines is 1. The molecule has 1 N–H and O–H groups in total. The van der Waals surface area contributed by atoms with E-state index in [1.165, 1.54) is 35.2 Å². The summed E-state index contributed by atoms with van der Waals surface area (Å²) in [5, 5.41) is 11.6. The van der Waals surface area contributed by atoms with Crippen LogP contribution in [0.3, 0.4) is 0 Å². The molecule has 1 aromatic carbocycles. The van der Waals surface area contributed by atoms with Crippen molar-refractivity contribution >= 4 is 28.2 Å². The third kappa shape index (κ3) is 3.11. The van der Waals surface area contributed by atoms with Crippen LogP contribution in [0, 0.1) is 5.82 Å². The standard InChI is InChI=1S/C11H12FN3OS2/c1-13-10-14-15-11(18-10)17-6-7-5-8(12)3-4-9(7)16-2/h3-5H,6H2,1-2H3,(H,13,14). The molecule has 7 heteroatoms. The molecule has 2 rings (SSSR count). The average Bonchev–Trinajstić information content (AvgIpc) is 2.84. The van der Waals surface area contributed by atoms with Crippen LogP contribution in [0.2, 0.25) is 0 Å². The second-order valence-corrected chi connectivity index (χ2v) is 5.57. The summed E-state index contributed by atoms with van der Waals surface area (Å²) in [5.41, 5.74) is 0.809. The quantitative estimate of drug-likeness (QED) is 0.856. The van der Waals surface area contributed by atoms with Crippen LogP contribution in [0.15, 0.2) is 22.5 Å². The van der Waals surface area contributed by atoms with Crippen molar-refractivity contribution < 1.29 is 9.13 Å². The van der Waals surface area contributed by atoms with E-state index in [4.69, 9.17) is 4.74 Å². The minimum absolute atomic E-state index is 0.264. The van der Waals surface area contributed by atoms with E-state index < -0.39 is 0 Å². The molecule has 2 aromatic rings. The van der Waals surface area contributed by atoms with Crippen LogP contribution in [-0.2, 0) is 5.75 Å². The third-order valence-corrected chi connectivity index (χ3v) is 4.34. The molecule has 0 atom stereocenters. The third-order valence-electron chi connectivity index (χ3n) is 2.21. The summed E-state index contributed by atoms with van der Waals surface area (Å²) >= 11 is 2.97. The molecule has 0 aliphatic rings. The molecule has 0 amide bonds. The van der Waals surface area contributed by atoms with Gasteiger partial charge >= 0.3 is 0 Å². The average molecular weight is 285 g/mol. The molecule has 96 valence electrons. The minimum Gasteiger partial charge on any atom is -0.496 e. The van der Waals surface area contributed by atoms with Crippen LogP contribution in [0.4, 0.5) is 9.52 Å². The fourth-order valence-electron chi connectivity index (χ4n) is 1.37. The summed E-state index contributed by atoms with van der Waals surface area (Å²) in [5.74, 6) is 1.01. The number of hydrogen-bond donors (Lipinski definition) is 1. The molecule has 1 heterocycles. The maximum atomic E-state index is 13.2. The molecule has 0 saturated heterocycles. The smallest absolute Gasteiger partial charge is 0.206 e. The van der Waals surface area contributed by atoms with E-state index in [2.05, 4.69) is 15.5 Å². The Morgan fingerprint density at radius 2 is 2.28 bits per heavy atom. The van der Waals surface area contributed by atoms with Crippen molar-refractivity contribution in [2.24, 2.45) is 0 Å². The molecular weight excluding hydrogens is 273 g/mol. The van der Waals surface area contributed by atoms with Crippen molar-refractivity contribution in [1.82, 2.24) is 10.2 Å². The van der Waals surface area contributed by atoms with Gasteiger partial charge in [0, 0.05) is 18.4 Å². The predicted octanol–water partition coefficient (Wildman–Crippen LogP) is 3.02. The summed E-state index contributed by atoms with van der Waals surface area (Å²) in [6.07, 6.45) is 0. The van der Waals surface area contributed by atoms with Crippen molar-refractivity contribution in [3.05, 3.63) is 29.6 Å². The normalized spacial score (nSPS) is 10.4. The number of benzene rings is 1. The van der Waals surface area contributed by atoms with Crippen LogP contribution in [0.1, 0.15) is 5.56 Å². The van der Waals surface area contributed by atoms with Gasteiger partial charge in [-0.05, 0) is 18.2 Å². The van der Waals surface area contributed by atoms with Crippen molar-refractivity contribution in [2.75, 3.05) is 19.5 Å². The SMILES string of the molecule is CNc1nnc(SCc2cc(F)ccc2OC)s1. The topological polar surface area (TPSA) is 47.0 Å². The lowest BCUT2D eigenvalue weighted by atomic mass is 10.2. The number of nitrogens with one attached hydrogen (secondary N) is 1. The fourth-order valence-corrected chi connectivity index (χ4v) is 3.05. The molecule has 0 radical (unpaired) electrons. The van der Waals surface area contributed by atoms with E-state index in [0.29, 0.717) is 11.5 Å². The van der Waals surface area contributed by atoms with Gasteiger partial charge in [-0.15, -0.1) is 10.2 Å². The number of rotatable bonds is 5. The highest BCUT2D eigenvalue weighted by Crippen LogP contribution is 2.31. The lowest BCUT2D eigenvalue weighted by Crippen LogP contribution is -1.91. The van der Waals surface area contributed by atoms with Gasteiger partial charge in [-0.25, -0.2) is 4.39 Å². The fraction of sp³-hybridized carbons (Fsp3) is 0.273. The highest BCUT2D eigenvalue weighted by Gasteiger charge is 2.08. The number of aromatic nitrogens is 2. The Labute approximate surface area is 113 Å². The van der Waals surface area contributed by atoms with Crippen molar-refractivity contribution in [2.45, 2.75) is 10.1 Å². The molecule has 0 unspecified atom stereocenters. The zero-order chi connectivity index (χ0) is 13.0. The van der Waals surface area contributed by atoms with Gasteiger partial charge < -0.3 is 10.1 Å². The highest BCUT2D eigenvalue weighted by molar-refractivity contribution is 8.00.